The lowest BCUT2D eigenvalue weighted by molar-refractivity contribution is -0.0461. The van der Waals surface area contributed by atoms with Crippen LogP contribution in [0.25, 0.3) is 10.9 Å². The molecular weight excluding hydrogens is 238 g/mol. The van der Waals surface area contributed by atoms with Gasteiger partial charge in [-0.1, -0.05) is 18.2 Å². The van der Waals surface area contributed by atoms with Crippen molar-refractivity contribution < 1.29 is 9.84 Å². The molecule has 0 spiro atoms. The molecule has 1 fully saturated rings. The monoisotopic (exact) mass is 257 g/mol. The van der Waals surface area contributed by atoms with Crippen LogP contribution < -0.4 is 0 Å². The molecule has 100 valence electrons. The van der Waals surface area contributed by atoms with Gasteiger partial charge in [0, 0.05) is 18.2 Å². The number of aliphatic hydroxyl groups is 1. The number of rotatable bonds is 5. The van der Waals surface area contributed by atoms with E-state index in [1.165, 1.54) is 0 Å². The fourth-order valence-corrected chi connectivity index (χ4v) is 2.56. The number of ether oxygens (including phenoxy) is 1. The molecule has 1 aromatic heterocycles. The Bertz CT molecular complexity index is 565. The van der Waals surface area contributed by atoms with Gasteiger partial charge in [-0.05, 0) is 43.4 Å². The molecule has 1 heterocycles. The molecule has 1 aliphatic carbocycles. The molecule has 0 aliphatic heterocycles. The van der Waals surface area contributed by atoms with E-state index in [4.69, 9.17) is 4.74 Å². The molecule has 0 saturated heterocycles. The lowest BCUT2D eigenvalue weighted by Crippen LogP contribution is -2.24. The van der Waals surface area contributed by atoms with Crippen LogP contribution in [-0.2, 0) is 4.74 Å². The predicted octanol–water partition coefficient (Wildman–Crippen LogP) is 3.08. The second-order valence-electron chi connectivity index (χ2n) is 5.16. The first-order valence-corrected chi connectivity index (χ1v) is 6.94. The normalized spacial score (nSPS) is 18.4. The maximum atomic E-state index is 10.5. The molecule has 1 aromatic carbocycles. The van der Waals surface area contributed by atoms with Gasteiger partial charge in [0.2, 0.25) is 0 Å². The standard InChI is InChI=1S/C16H19NO2/c1-2-19-16(12-6-7-12)15(18)13-8-5-11-4-3-9-17-14(11)10-13/h3-5,8-10,12,15-16,18H,2,6-7H2,1H3. The molecule has 0 amide bonds. The quantitative estimate of drug-likeness (QED) is 0.895. The Kier molecular flexibility index (Phi) is 3.49. The fourth-order valence-electron chi connectivity index (χ4n) is 2.56. The van der Waals surface area contributed by atoms with Crippen molar-refractivity contribution in [1.29, 1.82) is 0 Å². The van der Waals surface area contributed by atoms with Crippen molar-refractivity contribution in [2.24, 2.45) is 5.92 Å². The zero-order valence-electron chi connectivity index (χ0n) is 11.1. The number of benzene rings is 1. The zero-order valence-corrected chi connectivity index (χ0v) is 11.1. The predicted molar refractivity (Wildman–Crippen MR) is 74.8 cm³/mol. The van der Waals surface area contributed by atoms with Crippen molar-refractivity contribution in [1.82, 2.24) is 4.98 Å². The van der Waals surface area contributed by atoms with Gasteiger partial charge < -0.3 is 9.84 Å². The van der Waals surface area contributed by atoms with Crippen molar-refractivity contribution in [3.05, 3.63) is 42.1 Å². The minimum Gasteiger partial charge on any atom is -0.386 e. The Morgan fingerprint density at radius 2 is 2.21 bits per heavy atom. The van der Waals surface area contributed by atoms with E-state index >= 15 is 0 Å². The van der Waals surface area contributed by atoms with Crippen LogP contribution in [0.2, 0.25) is 0 Å². The summed E-state index contributed by atoms with van der Waals surface area (Å²) in [6.07, 6.45) is 3.46. The van der Waals surface area contributed by atoms with Gasteiger partial charge in [0.25, 0.3) is 0 Å². The smallest absolute Gasteiger partial charge is 0.105 e. The first-order chi connectivity index (χ1) is 9.29. The van der Waals surface area contributed by atoms with Gasteiger partial charge in [-0.25, -0.2) is 0 Å². The topological polar surface area (TPSA) is 42.4 Å². The molecule has 2 unspecified atom stereocenters. The third-order valence-electron chi connectivity index (χ3n) is 3.73. The van der Waals surface area contributed by atoms with Gasteiger partial charge in [-0.2, -0.15) is 0 Å². The molecule has 0 radical (unpaired) electrons. The summed E-state index contributed by atoms with van der Waals surface area (Å²) < 4.78 is 5.72. The maximum Gasteiger partial charge on any atom is 0.105 e. The van der Waals surface area contributed by atoms with Crippen LogP contribution in [0.1, 0.15) is 31.4 Å². The summed E-state index contributed by atoms with van der Waals surface area (Å²) in [5.41, 5.74) is 1.82. The maximum absolute atomic E-state index is 10.5. The largest absolute Gasteiger partial charge is 0.386 e. The summed E-state index contributed by atoms with van der Waals surface area (Å²) >= 11 is 0. The number of hydrogen-bond acceptors (Lipinski definition) is 3. The highest BCUT2D eigenvalue weighted by Gasteiger charge is 2.37. The Morgan fingerprint density at radius 1 is 1.37 bits per heavy atom. The van der Waals surface area contributed by atoms with Gasteiger partial charge in [-0.3, -0.25) is 4.98 Å². The summed E-state index contributed by atoms with van der Waals surface area (Å²) in [7, 11) is 0. The highest BCUT2D eigenvalue weighted by molar-refractivity contribution is 5.78. The van der Waals surface area contributed by atoms with Crippen molar-refractivity contribution >= 4 is 10.9 Å². The number of fused-ring (bicyclic) bond motifs is 1. The summed E-state index contributed by atoms with van der Waals surface area (Å²) in [4.78, 5) is 4.34. The van der Waals surface area contributed by atoms with Gasteiger partial charge in [0.05, 0.1) is 11.6 Å². The second-order valence-corrected chi connectivity index (χ2v) is 5.16. The van der Waals surface area contributed by atoms with Gasteiger partial charge in [-0.15, -0.1) is 0 Å². The zero-order chi connectivity index (χ0) is 13.2. The Morgan fingerprint density at radius 3 is 2.95 bits per heavy atom. The van der Waals surface area contributed by atoms with E-state index in [9.17, 15) is 5.11 Å². The molecule has 3 nitrogen and oxygen atoms in total. The van der Waals surface area contributed by atoms with Gasteiger partial charge in [0.15, 0.2) is 0 Å². The van der Waals surface area contributed by atoms with Crippen LogP contribution >= 0.6 is 0 Å². The van der Waals surface area contributed by atoms with E-state index in [0.29, 0.717) is 12.5 Å². The number of hydrogen-bond donors (Lipinski definition) is 1. The molecule has 3 heteroatoms. The Balaban J connectivity index is 1.89. The van der Waals surface area contributed by atoms with Crippen LogP contribution in [-0.4, -0.2) is 22.8 Å². The van der Waals surface area contributed by atoms with Crippen LogP contribution in [0.5, 0.6) is 0 Å². The number of pyridine rings is 1. The van der Waals surface area contributed by atoms with E-state index in [1.54, 1.807) is 6.20 Å². The lowest BCUT2D eigenvalue weighted by atomic mass is 9.99. The first kappa shape index (κ1) is 12.6. The van der Waals surface area contributed by atoms with Crippen LogP contribution in [0.3, 0.4) is 0 Å². The molecule has 1 N–H and O–H groups in total. The minimum atomic E-state index is -0.557. The highest BCUT2D eigenvalue weighted by Crippen LogP contribution is 2.40. The van der Waals surface area contributed by atoms with E-state index in [2.05, 4.69) is 4.98 Å². The molecule has 19 heavy (non-hydrogen) atoms. The molecule has 3 rings (SSSR count). The highest BCUT2D eigenvalue weighted by atomic mass is 16.5. The molecule has 2 atom stereocenters. The van der Waals surface area contributed by atoms with Crippen molar-refractivity contribution in [2.45, 2.75) is 32.0 Å². The Labute approximate surface area is 113 Å². The average Bonchev–Trinajstić information content (AvgIpc) is 3.28. The third kappa shape index (κ3) is 2.62. The van der Waals surface area contributed by atoms with Gasteiger partial charge >= 0.3 is 0 Å². The van der Waals surface area contributed by atoms with E-state index in [1.807, 2.05) is 37.3 Å². The van der Waals surface area contributed by atoms with Crippen LogP contribution in [0, 0.1) is 5.92 Å². The SMILES string of the molecule is CCOC(C1CC1)C(O)c1ccc2cccnc2c1. The lowest BCUT2D eigenvalue weighted by Gasteiger charge is -2.23. The molecule has 1 saturated carbocycles. The second kappa shape index (κ2) is 5.27. The number of aliphatic hydroxyl groups excluding tert-OH is 1. The first-order valence-electron chi connectivity index (χ1n) is 6.94. The van der Waals surface area contributed by atoms with Crippen molar-refractivity contribution in [3.63, 3.8) is 0 Å². The van der Waals surface area contributed by atoms with Crippen molar-refractivity contribution in [3.8, 4) is 0 Å². The summed E-state index contributed by atoms with van der Waals surface area (Å²) in [5.74, 6) is 0.509. The van der Waals surface area contributed by atoms with Crippen LogP contribution in [0.4, 0.5) is 0 Å². The van der Waals surface area contributed by atoms with Gasteiger partial charge in [0.1, 0.15) is 6.10 Å². The Hall–Kier alpha value is -1.45. The van der Waals surface area contributed by atoms with E-state index in [-0.39, 0.29) is 6.10 Å². The molecule has 2 aromatic rings. The summed E-state index contributed by atoms with van der Waals surface area (Å²) in [6, 6.07) is 9.90. The molecular formula is C16H19NO2. The molecule has 0 bridgehead atoms. The van der Waals surface area contributed by atoms with Crippen molar-refractivity contribution in [2.75, 3.05) is 6.61 Å². The minimum absolute atomic E-state index is 0.0776. The van der Waals surface area contributed by atoms with E-state index in [0.717, 1.165) is 29.3 Å². The van der Waals surface area contributed by atoms with E-state index < -0.39 is 6.10 Å². The van der Waals surface area contributed by atoms with Crippen LogP contribution in [0.15, 0.2) is 36.5 Å². The average molecular weight is 257 g/mol. The fraction of sp³-hybridized carbons (Fsp3) is 0.438. The summed E-state index contributed by atoms with van der Waals surface area (Å²) in [6.45, 7) is 2.62. The third-order valence-corrected chi connectivity index (χ3v) is 3.73. The molecule has 1 aliphatic rings. The number of aromatic nitrogens is 1. The summed E-state index contributed by atoms with van der Waals surface area (Å²) in [5, 5.41) is 11.6. The number of nitrogens with zero attached hydrogens (tertiary/aromatic N) is 1.